The number of pyridine rings is 1. The maximum atomic E-state index is 13.0. The number of nitrogens with zero attached hydrogens (tertiary/aromatic N) is 5. The molecule has 162 valence electrons. The van der Waals surface area contributed by atoms with Crippen molar-refractivity contribution in [2.75, 3.05) is 36.4 Å². The SMILES string of the molecule is Cc1ccnc(Nc2cc(N3CCN(S(=O)(=O)c4ccc(C)c(Cl)c4)CC3)ncn2)c1. The van der Waals surface area contributed by atoms with E-state index in [4.69, 9.17) is 11.6 Å². The zero-order valence-electron chi connectivity index (χ0n) is 17.3. The van der Waals surface area contributed by atoms with E-state index in [9.17, 15) is 8.42 Å². The number of anilines is 3. The fourth-order valence-corrected chi connectivity index (χ4v) is 5.06. The lowest BCUT2D eigenvalue weighted by atomic mass is 10.2. The first-order valence-electron chi connectivity index (χ1n) is 9.86. The van der Waals surface area contributed by atoms with Crippen molar-refractivity contribution in [3.8, 4) is 0 Å². The third-order valence-corrected chi connectivity index (χ3v) is 7.47. The van der Waals surface area contributed by atoms with E-state index in [0.29, 0.717) is 42.8 Å². The highest BCUT2D eigenvalue weighted by Gasteiger charge is 2.29. The van der Waals surface area contributed by atoms with Crippen LogP contribution in [0.3, 0.4) is 0 Å². The molecule has 0 saturated carbocycles. The summed E-state index contributed by atoms with van der Waals surface area (Å²) in [5.74, 6) is 2.07. The van der Waals surface area contributed by atoms with Crippen molar-refractivity contribution in [2.24, 2.45) is 0 Å². The predicted octanol–water partition coefficient (Wildman–Crippen LogP) is 3.40. The monoisotopic (exact) mass is 458 g/mol. The number of rotatable bonds is 5. The maximum Gasteiger partial charge on any atom is 0.243 e. The molecule has 1 fully saturated rings. The van der Waals surface area contributed by atoms with E-state index in [1.165, 1.54) is 16.7 Å². The molecule has 3 heterocycles. The molecule has 0 aliphatic carbocycles. The number of aryl methyl sites for hydroxylation is 2. The Kier molecular flexibility index (Phi) is 6.08. The summed E-state index contributed by atoms with van der Waals surface area (Å²) in [6.45, 7) is 5.61. The molecular formula is C21H23ClN6O2S. The standard InChI is InChI=1S/C21H23ClN6O2S/c1-15-5-6-23-19(11-15)26-20-13-21(25-14-24-20)27-7-9-28(10-8-27)31(29,30)17-4-3-16(2)18(22)12-17/h3-6,11-14H,7-10H2,1-2H3,(H,23,24,25,26). The first kappa shape index (κ1) is 21.5. The minimum Gasteiger partial charge on any atom is -0.354 e. The van der Waals surface area contributed by atoms with Gasteiger partial charge in [0.15, 0.2) is 0 Å². The Labute approximate surface area is 187 Å². The molecule has 1 N–H and O–H groups in total. The van der Waals surface area contributed by atoms with Gasteiger partial charge in [-0.3, -0.25) is 0 Å². The van der Waals surface area contributed by atoms with E-state index in [-0.39, 0.29) is 4.90 Å². The van der Waals surface area contributed by atoms with Crippen molar-refractivity contribution in [1.29, 1.82) is 0 Å². The van der Waals surface area contributed by atoms with Crippen molar-refractivity contribution >= 4 is 39.1 Å². The number of halogens is 1. The molecule has 0 radical (unpaired) electrons. The number of sulfonamides is 1. The number of nitrogens with one attached hydrogen (secondary N) is 1. The van der Waals surface area contributed by atoms with Crippen LogP contribution in [0.25, 0.3) is 0 Å². The Balaban J connectivity index is 1.44. The summed E-state index contributed by atoms with van der Waals surface area (Å²) in [5.41, 5.74) is 1.94. The van der Waals surface area contributed by atoms with Crippen LogP contribution in [0.1, 0.15) is 11.1 Å². The van der Waals surface area contributed by atoms with Crippen LogP contribution in [0.2, 0.25) is 5.02 Å². The maximum absolute atomic E-state index is 13.0. The van der Waals surface area contributed by atoms with Crippen LogP contribution >= 0.6 is 11.6 Å². The molecule has 1 aliphatic heterocycles. The first-order chi connectivity index (χ1) is 14.8. The van der Waals surface area contributed by atoms with Gasteiger partial charge in [-0.2, -0.15) is 4.31 Å². The van der Waals surface area contributed by atoms with Crippen molar-refractivity contribution < 1.29 is 8.42 Å². The average Bonchev–Trinajstić information content (AvgIpc) is 2.76. The molecular weight excluding hydrogens is 436 g/mol. The molecule has 0 bridgehead atoms. The van der Waals surface area contributed by atoms with Crippen molar-refractivity contribution in [1.82, 2.24) is 19.3 Å². The zero-order valence-corrected chi connectivity index (χ0v) is 18.9. The van der Waals surface area contributed by atoms with Gasteiger partial charge in [-0.25, -0.2) is 23.4 Å². The highest BCUT2D eigenvalue weighted by Crippen LogP contribution is 2.25. The van der Waals surface area contributed by atoms with Crippen LogP contribution in [0, 0.1) is 13.8 Å². The smallest absolute Gasteiger partial charge is 0.243 e. The summed E-state index contributed by atoms with van der Waals surface area (Å²) in [6.07, 6.45) is 3.23. The Morgan fingerprint density at radius 3 is 2.39 bits per heavy atom. The van der Waals surface area contributed by atoms with Crippen LogP contribution < -0.4 is 10.2 Å². The lowest BCUT2D eigenvalue weighted by Gasteiger charge is -2.34. The van der Waals surface area contributed by atoms with Gasteiger partial charge < -0.3 is 10.2 Å². The van der Waals surface area contributed by atoms with E-state index in [1.807, 2.05) is 36.9 Å². The fraction of sp³-hybridized carbons (Fsp3) is 0.286. The summed E-state index contributed by atoms with van der Waals surface area (Å²) in [7, 11) is -3.59. The van der Waals surface area contributed by atoms with E-state index in [2.05, 4.69) is 20.3 Å². The second kappa shape index (κ2) is 8.78. The lowest BCUT2D eigenvalue weighted by molar-refractivity contribution is 0.384. The normalized spacial score (nSPS) is 15.1. The number of benzene rings is 1. The van der Waals surface area contributed by atoms with Gasteiger partial charge in [0.25, 0.3) is 0 Å². The summed E-state index contributed by atoms with van der Waals surface area (Å²) < 4.78 is 27.5. The van der Waals surface area contributed by atoms with Crippen LogP contribution in [-0.4, -0.2) is 53.9 Å². The third kappa shape index (κ3) is 4.79. The Hall–Kier alpha value is -2.75. The van der Waals surface area contributed by atoms with Gasteiger partial charge in [-0.15, -0.1) is 0 Å². The van der Waals surface area contributed by atoms with Gasteiger partial charge in [0.05, 0.1) is 4.90 Å². The fourth-order valence-electron chi connectivity index (χ4n) is 3.36. The molecule has 1 aromatic carbocycles. The number of hydrogen-bond donors (Lipinski definition) is 1. The van der Waals surface area contributed by atoms with Crippen molar-refractivity contribution in [2.45, 2.75) is 18.7 Å². The van der Waals surface area contributed by atoms with Crippen LogP contribution in [-0.2, 0) is 10.0 Å². The van der Waals surface area contributed by atoms with Gasteiger partial charge in [0.1, 0.15) is 23.8 Å². The van der Waals surface area contributed by atoms with Gasteiger partial charge >= 0.3 is 0 Å². The Morgan fingerprint density at radius 1 is 0.935 bits per heavy atom. The highest BCUT2D eigenvalue weighted by atomic mass is 35.5. The van der Waals surface area contributed by atoms with Gasteiger partial charge in [-0.05, 0) is 49.2 Å². The topological polar surface area (TPSA) is 91.3 Å². The minimum atomic E-state index is -3.59. The molecule has 0 unspecified atom stereocenters. The Bertz CT molecular complexity index is 1200. The second-order valence-electron chi connectivity index (χ2n) is 7.41. The molecule has 4 rings (SSSR count). The number of piperazine rings is 1. The number of aromatic nitrogens is 3. The molecule has 8 nitrogen and oxygen atoms in total. The second-order valence-corrected chi connectivity index (χ2v) is 9.75. The third-order valence-electron chi connectivity index (χ3n) is 5.17. The molecule has 3 aromatic rings. The van der Waals surface area contributed by atoms with Gasteiger partial charge in [0, 0.05) is 43.5 Å². The highest BCUT2D eigenvalue weighted by molar-refractivity contribution is 7.89. The van der Waals surface area contributed by atoms with Crippen LogP contribution in [0.15, 0.2) is 53.8 Å². The molecule has 1 aliphatic rings. The largest absolute Gasteiger partial charge is 0.354 e. The molecule has 2 aromatic heterocycles. The van der Waals surface area contributed by atoms with E-state index in [1.54, 1.807) is 18.3 Å². The molecule has 0 spiro atoms. The van der Waals surface area contributed by atoms with Crippen molar-refractivity contribution in [3.63, 3.8) is 0 Å². The molecule has 10 heteroatoms. The number of hydrogen-bond acceptors (Lipinski definition) is 7. The summed E-state index contributed by atoms with van der Waals surface area (Å²) in [6, 6.07) is 10.5. The molecule has 1 saturated heterocycles. The van der Waals surface area contributed by atoms with E-state index < -0.39 is 10.0 Å². The summed E-state index contributed by atoms with van der Waals surface area (Å²) in [5, 5.41) is 3.63. The Morgan fingerprint density at radius 2 is 1.68 bits per heavy atom. The van der Waals surface area contributed by atoms with E-state index in [0.717, 1.165) is 16.9 Å². The van der Waals surface area contributed by atoms with Crippen LogP contribution in [0.4, 0.5) is 17.5 Å². The van der Waals surface area contributed by atoms with Gasteiger partial charge in [0.2, 0.25) is 10.0 Å². The van der Waals surface area contributed by atoms with E-state index >= 15 is 0 Å². The minimum absolute atomic E-state index is 0.218. The summed E-state index contributed by atoms with van der Waals surface area (Å²) >= 11 is 6.13. The first-order valence-corrected chi connectivity index (χ1v) is 11.7. The van der Waals surface area contributed by atoms with Crippen LogP contribution in [0.5, 0.6) is 0 Å². The van der Waals surface area contributed by atoms with Gasteiger partial charge in [-0.1, -0.05) is 17.7 Å². The average molecular weight is 459 g/mol. The predicted molar refractivity (Wildman–Crippen MR) is 121 cm³/mol. The molecule has 0 amide bonds. The lowest BCUT2D eigenvalue weighted by Crippen LogP contribution is -2.48. The quantitative estimate of drug-likeness (QED) is 0.626. The molecule has 0 atom stereocenters. The molecule has 31 heavy (non-hydrogen) atoms. The summed E-state index contributed by atoms with van der Waals surface area (Å²) in [4.78, 5) is 15.2. The zero-order chi connectivity index (χ0) is 22.0. The van der Waals surface area contributed by atoms with Crippen molar-refractivity contribution in [3.05, 3.63) is 65.1 Å².